The first-order valence-electron chi connectivity index (χ1n) is 6.60. The highest BCUT2D eigenvalue weighted by atomic mass is 32.1. The van der Waals surface area contributed by atoms with Gasteiger partial charge in [-0.15, -0.1) is 11.3 Å². The molecule has 0 amide bonds. The third-order valence-electron chi connectivity index (χ3n) is 3.83. The summed E-state index contributed by atoms with van der Waals surface area (Å²) < 4.78 is 0. The molecule has 0 saturated heterocycles. The summed E-state index contributed by atoms with van der Waals surface area (Å²) in [4.78, 5) is 3.97. The molecule has 96 valence electrons. The lowest BCUT2D eigenvalue weighted by molar-refractivity contribution is 0.171. The van der Waals surface area contributed by atoms with Crippen LogP contribution < -0.4 is 5.32 Å². The van der Waals surface area contributed by atoms with Crippen LogP contribution in [-0.4, -0.2) is 32.1 Å². The zero-order chi connectivity index (χ0) is 12.1. The first-order valence-corrected chi connectivity index (χ1v) is 7.48. The summed E-state index contributed by atoms with van der Waals surface area (Å²) in [7, 11) is 4.34. The van der Waals surface area contributed by atoms with Crippen molar-refractivity contribution in [2.75, 3.05) is 27.2 Å². The molecule has 0 bridgehead atoms. The maximum absolute atomic E-state index is 3.39. The molecule has 1 aromatic rings. The third kappa shape index (κ3) is 3.54. The third-order valence-corrected chi connectivity index (χ3v) is 4.69. The van der Waals surface area contributed by atoms with Gasteiger partial charge < -0.3 is 10.2 Å². The number of nitrogens with one attached hydrogen (secondary N) is 1. The van der Waals surface area contributed by atoms with E-state index in [1.54, 1.807) is 0 Å². The van der Waals surface area contributed by atoms with Crippen molar-refractivity contribution >= 4 is 11.3 Å². The molecule has 1 aliphatic carbocycles. The molecule has 0 atom stereocenters. The smallest absolute Gasteiger partial charge is 0.0325 e. The summed E-state index contributed by atoms with van der Waals surface area (Å²) in [6.45, 7) is 3.50. The van der Waals surface area contributed by atoms with Gasteiger partial charge in [0.2, 0.25) is 0 Å². The fourth-order valence-electron chi connectivity index (χ4n) is 3.19. The minimum atomic E-state index is 0.529. The Morgan fingerprint density at radius 1 is 1.41 bits per heavy atom. The quantitative estimate of drug-likeness (QED) is 0.837. The van der Waals surface area contributed by atoms with Crippen LogP contribution in [0.2, 0.25) is 0 Å². The van der Waals surface area contributed by atoms with Crippen LogP contribution in [0.15, 0.2) is 17.5 Å². The molecular formula is C14H24N2S. The highest BCUT2D eigenvalue weighted by Gasteiger charge is 2.34. The predicted molar refractivity (Wildman–Crippen MR) is 75.5 cm³/mol. The van der Waals surface area contributed by atoms with Crippen molar-refractivity contribution in [1.29, 1.82) is 0 Å². The number of hydrogen-bond acceptors (Lipinski definition) is 3. The van der Waals surface area contributed by atoms with E-state index in [-0.39, 0.29) is 0 Å². The van der Waals surface area contributed by atoms with E-state index >= 15 is 0 Å². The fraction of sp³-hybridized carbons (Fsp3) is 0.714. The normalized spacial score (nSPS) is 19.0. The van der Waals surface area contributed by atoms with Crippen molar-refractivity contribution in [2.24, 2.45) is 5.41 Å². The summed E-state index contributed by atoms with van der Waals surface area (Å²) in [6, 6.07) is 4.38. The van der Waals surface area contributed by atoms with E-state index in [1.165, 1.54) is 43.6 Å². The standard InChI is InChI=1S/C14H24N2S/c1-15-11-14(7-3-4-8-14)12-16(2)10-13-6-5-9-17-13/h5-6,9,15H,3-4,7-8,10-12H2,1-2H3. The van der Waals surface area contributed by atoms with Crippen LogP contribution in [0.3, 0.4) is 0 Å². The van der Waals surface area contributed by atoms with E-state index in [0.29, 0.717) is 5.41 Å². The van der Waals surface area contributed by atoms with E-state index in [0.717, 1.165) is 6.54 Å². The van der Waals surface area contributed by atoms with Crippen molar-refractivity contribution < 1.29 is 0 Å². The van der Waals surface area contributed by atoms with Crippen LogP contribution in [0.1, 0.15) is 30.6 Å². The molecule has 0 radical (unpaired) electrons. The average molecular weight is 252 g/mol. The zero-order valence-electron chi connectivity index (χ0n) is 11.0. The predicted octanol–water partition coefficient (Wildman–Crippen LogP) is 2.96. The van der Waals surface area contributed by atoms with Crippen molar-refractivity contribution in [3.63, 3.8) is 0 Å². The Morgan fingerprint density at radius 3 is 2.76 bits per heavy atom. The molecule has 1 fully saturated rings. The number of hydrogen-bond donors (Lipinski definition) is 1. The van der Waals surface area contributed by atoms with Crippen molar-refractivity contribution in [1.82, 2.24) is 10.2 Å². The molecule has 1 aromatic heterocycles. The van der Waals surface area contributed by atoms with Crippen LogP contribution in [0.4, 0.5) is 0 Å². The van der Waals surface area contributed by atoms with Gasteiger partial charge in [-0.1, -0.05) is 18.9 Å². The molecule has 3 heteroatoms. The van der Waals surface area contributed by atoms with Crippen LogP contribution in [0.25, 0.3) is 0 Å². The van der Waals surface area contributed by atoms with Crippen LogP contribution in [0.5, 0.6) is 0 Å². The molecule has 0 unspecified atom stereocenters. The van der Waals surface area contributed by atoms with Gasteiger partial charge in [-0.3, -0.25) is 0 Å². The molecule has 1 N–H and O–H groups in total. The van der Waals surface area contributed by atoms with Crippen LogP contribution >= 0.6 is 11.3 Å². The SMILES string of the molecule is CNCC1(CN(C)Cc2cccs2)CCCC1. The second-order valence-corrected chi connectivity index (χ2v) is 6.52. The van der Waals surface area contributed by atoms with Crippen LogP contribution in [-0.2, 0) is 6.54 Å². The molecule has 2 rings (SSSR count). The first kappa shape index (κ1) is 13.1. The van der Waals surface area contributed by atoms with Gasteiger partial charge in [0.1, 0.15) is 0 Å². The van der Waals surface area contributed by atoms with Gasteiger partial charge in [-0.05, 0) is 43.8 Å². The lowest BCUT2D eigenvalue weighted by Crippen LogP contribution is -2.40. The Labute approximate surface area is 109 Å². The topological polar surface area (TPSA) is 15.3 Å². The number of thiophene rings is 1. The van der Waals surface area contributed by atoms with Crippen LogP contribution in [0, 0.1) is 5.41 Å². The van der Waals surface area contributed by atoms with Gasteiger partial charge in [0.15, 0.2) is 0 Å². The molecule has 1 saturated carbocycles. The Bertz CT molecular complexity index is 315. The van der Waals surface area contributed by atoms with Crippen molar-refractivity contribution in [3.8, 4) is 0 Å². The number of rotatable bonds is 6. The zero-order valence-corrected chi connectivity index (χ0v) is 11.9. The Kier molecular flexibility index (Phi) is 4.60. The van der Waals surface area contributed by atoms with E-state index in [9.17, 15) is 0 Å². The van der Waals surface area contributed by atoms with Gasteiger partial charge in [0.25, 0.3) is 0 Å². The summed E-state index contributed by atoms with van der Waals surface area (Å²) in [5.74, 6) is 0. The molecule has 2 nitrogen and oxygen atoms in total. The minimum absolute atomic E-state index is 0.529. The maximum Gasteiger partial charge on any atom is 0.0325 e. The van der Waals surface area contributed by atoms with Gasteiger partial charge in [0.05, 0.1) is 0 Å². The molecule has 0 spiro atoms. The molecular weight excluding hydrogens is 228 g/mol. The van der Waals surface area contributed by atoms with E-state index in [2.05, 4.69) is 41.8 Å². The lowest BCUT2D eigenvalue weighted by Gasteiger charge is -2.33. The van der Waals surface area contributed by atoms with Crippen molar-refractivity contribution in [2.45, 2.75) is 32.2 Å². The summed E-state index contributed by atoms with van der Waals surface area (Å²) in [5.41, 5.74) is 0.529. The Hall–Kier alpha value is -0.380. The largest absolute Gasteiger partial charge is 0.319 e. The first-order chi connectivity index (χ1) is 8.24. The molecule has 1 aliphatic rings. The summed E-state index contributed by atoms with van der Waals surface area (Å²) >= 11 is 1.86. The van der Waals surface area contributed by atoms with E-state index < -0.39 is 0 Å². The Morgan fingerprint density at radius 2 is 2.18 bits per heavy atom. The van der Waals surface area contributed by atoms with Gasteiger partial charge >= 0.3 is 0 Å². The second kappa shape index (κ2) is 5.98. The molecule has 0 aliphatic heterocycles. The lowest BCUT2D eigenvalue weighted by atomic mass is 9.85. The minimum Gasteiger partial charge on any atom is -0.319 e. The summed E-state index contributed by atoms with van der Waals surface area (Å²) in [6.07, 6.45) is 5.61. The highest BCUT2D eigenvalue weighted by molar-refractivity contribution is 7.09. The molecule has 1 heterocycles. The Balaban J connectivity index is 1.89. The fourth-order valence-corrected chi connectivity index (χ4v) is 3.97. The maximum atomic E-state index is 3.39. The van der Waals surface area contributed by atoms with Gasteiger partial charge in [-0.25, -0.2) is 0 Å². The van der Waals surface area contributed by atoms with E-state index in [4.69, 9.17) is 0 Å². The summed E-state index contributed by atoms with van der Waals surface area (Å²) in [5, 5.41) is 5.56. The van der Waals surface area contributed by atoms with E-state index in [1.807, 2.05) is 11.3 Å². The average Bonchev–Trinajstić information content (AvgIpc) is 2.90. The highest BCUT2D eigenvalue weighted by Crippen LogP contribution is 2.38. The monoisotopic (exact) mass is 252 g/mol. The number of nitrogens with zero attached hydrogens (tertiary/aromatic N) is 1. The van der Waals surface area contributed by atoms with Gasteiger partial charge in [-0.2, -0.15) is 0 Å². The van der Waals surface area contributed by atoms with Crippen molar-refractivity contribution in [3.05, 3.63) is 22.4 Å². The van der Waals surface area contributed by atoms with Gasteiger partial charge in [0, 0.05) is 24.5 Å². The molecule has 17 heavy (non-hydrogen) atoms. The second-order valence-electron chi connectivity index (χ2n) is 5.49. The molecule has 0 aromatic carbocycles.